The fourth-order valence-electron chi connectivity index (χ4n) is 1.97. The van der Waals surface area contributed by atoms with Gasteiger partial charge in [0.1, 0.15) is 6.54 Å². The highest BCUT2D eigenvalue weighted by molar-refractivity contribution is 7.92. The Bertz CT molecular complexity index is 807. The number of aryl methyl sites for hydroxylation is 1. The van der Waals surface area contributed by atoms with Gasteiger partial charge in [0.2, 0.25) is 0 Å². The van der Waals surface area contributed by atoms with Crippen molar-refractivity contribution in [3.05, 3.63) is 59.1 Å². The van der Waals surface area contributed by atoms with Gasteiger partial charge in [0.15, 0.2) is 0 Å². The van der Waals surface area contributed by atoms with Gasteiger partial charge in [-0.1, -0.05) is 41.4 Å². The first-order valence-electron chi connectivity index (χ1n) is 6.69. The molecule has 6 nitrogen and oxygen atoms in total. The van der Waals surface area contributed by atoms with Gasteiger partial charge >= 0.3 is 0 Å². The highest BCUT2D eigenvalue weighted by Gasteiger charge is 2.28. The lowest BCUT2D eigenvalue weighted by Gasteiger charge is -2.24. The number of sulfonamides is 1. The molecule has 0 fully saturated rings. The van der Waals surface area contributed by atoms with E-state index < -0.39 is 22.5 Å². The van der Waals surface area contributed by atoms with Crippen LogP contribution in [0, 0.1) is 6.92 Å². The van der Waals surface area contributed by atoms with Gasteiger partial charge in [-0.3, -0.25) is 14.5 Å². The maximum Gasteiger partial charge on any atom is 0.264 e. The first-order chi connectivity index (χ1) is 10.9. The lowest BCUT2D eigenvalue weighted by molar-refractivity contribution is -0.119. The number of nitrogens with one attached hydrogen (secondary N) is 1. The number of para-hydroxylation sites is 1. The summed E-state index contributed by atoms with van der Waals surface area (Å²) < 4.78 is 26.7. The normalized spacial score (nSPS) is 11.1. The third-order valence-electron chi connectivity index (χ3n) is 3.18. The Labute approximate surface area is 139 Å². The first kappa shape index (κ1) is 17.3. The number of halogens is 1. The molecular formula is C15H16ClN3O3S. The molecule has 0 saturated heterocycles. The number of benzene rings is 2. The quantitative estimate of drug-likeness (QED) is 0.487. The van der Waals surface area contributed by atoms with Gasteiger partial charge < -0.3 is 0 Å². The van der Waals surface area contributed by atoms with Gasteiger partial charge in [-0.25, -0.2) is 14.3 Å². The molecule has 0 aliphatic rings. The van der Waals surface area contributed by atoms with Crippen LogP contribution in [0.25, 0.3) is 0 Å². The van der Waals surface area contributed by atoms with Crippen LogP contribution in [0.1, 0.15) is 5.56 Å². The molecule has 0 bridgehead atoms. The molecular weight excluding hydrogens is 338 g/mol. The van der Waals surface area contributed by atoms with Gasteiger partial charge in [-0.2, -0.15) is 0 Å². The van der Waals surface area contributed by atoms with Crippen LogP contribution < -0.4 is 15.6 Å². The fraction of sp³-hybridized carbons (Fsp3) is 0.133. The van der Waals surface area contributed by atoms with E-state index in [0.29, 0.717) is 0 Å². The summed E-state index contributed by atoms with van der Waals surface area (Å²) in [6.07, 6.45) is 0. The minimum atomic E-state index is -3.97. The Morgan fingerprint density at radius 3 is 2.35 bits per heavy atom. The minimum absolute atomic E-state index is 0.0628. The van der Waals surface area contributed by atoms with Crippen molar-refractivity contribution in [2.45, 2.75) is 11.8 Å². The molecule has 0 aliphatic carbocycles. The third kappa shape index (κ3) is 3.82. The van der Waals surface area contributed by atoms with Crippen molar-refractivity contribution < 1.29 is 13.2 Å². The van der Waals surface area contributed by atoms with E-state index in [9.17, 15) is 13.2 Å². The number of carbonyl (C=O) groups excluding carboxylic acids is 1. The highest BCUT2D eigenvalue weighted by atomic mass is 35.5. The van der Waals surface area contributed by atoms with Crippen molar-refractivity contribution in [3.8, 4) is 0 Å². The molecule has 0 unspecified atom stereocenters. The second-order valence-electron chi connectivity index (χ2n) is 4.84. The molecule has 0 saturated carbocycles. The maximum atomic E-state index is 12.9. The maximum absolute atomic E-state index is 12.9. The summed E-state index contributed by atoms with van der Waals surface area (Å²) in [7, 11) is -3.97. The summed E-state index contributed by atoms with van der Waals surface area (Å²) in [6, 6.07) is 12.7. The Hall–Kier alpha value is -2.09. The zero-order valence-corrected chi connectivity index (χ0v) is 13.9. The van der Waals surface area contributed by atoms with Crippen molar-refractivity contribution in [2.24, 2.45) is 5.84 Å². The Balaban J connectivity index is 2.54. The van der Waals surface area contributed by atoms with Crippen LogP contribution in [0.4, 0.5) is 5.69 Å². The zero-order chi connectivity index (χ0) is 17.0. The fourth-order valence-corrected chi connectivity index (χ4v) is 3.69. The molecule has 2 aromatic rings. The molecule has 8 heteroatoms. The second kappa shape index (κ2) is 6.99. The molecule has 0 atom stereocenters. The minimum Gasteiger partial charge on any atom is -0.293 e. The SMILES string of the molecule is Cc1ccc(S(=O)(=O)N(CC(=O)NN)c2ccccc2Cl)cc1. The van der Waals surface area contributed by atoms with E-state index in [2.05, 4.69) is 0 Å². The molecule has 0 spiro atoms. The third-order valence-corrected chi connectivity index (χ3v) is 5.27. The zero-order valence-electron chi connectivity index (χ0n) is 12.4. The first-order valence-corrected chi connectivity index (χ1v) is 8.51. The van der Waals surface area contributed by atoms with Crippen molar-refractivity contribution in [1.29, 1.82) is 0 Å². The van der Waals surface area contributed by atoms with Crippen molar-refractivity contribution in [3.63, 3.8) is 0 Å². The van der Waals surface area contributed by atoms with Gasteiger partial charge in [-0.15, -0.1) is 0 Å². The number of nitrogens with zero attached hydrogens (tertiary/aromatic N) is 1. The highest BCUT2D eigenvalue weighted by Crippen LogP contribution is 2.30. The predicted octanol–water partition coefficient (Wildman–Crippen LogP) is 1.83. The Kier molecular flexibility index (Phi) is 5.25. The Morgan fingerprint density at radius 2 is 1.78 bits per heavy atom. The van der Waals surface area contributed by atoms with Gasteiger partial charge in [0, 0.05) is 0 Å². The molecule has 0 radical (unpaired) electrons. The van der Waals surface area contributed by atoms with Crippen LogP contribution in [-0.4, -0.2) is 20.9 Å². The van der Waals surface area contributed by atoms with E-state index in [1.165, 1.54) is 18.2 Å². The summed E-state index contributed by atoms with van der Waals surface area (Å²) in [6.45, 7) is 1.38. The van der Waals surface area contributed by atoms with Crippen LogP contribution in [0.3, 0.4) is 0 Å². The number of rotatable bonds is 5. The van der Waals surface area contributed by atoms with Crippen LogP contribution in [-0.2, 0) is 14.8 Å². The van der Waals surface area contributed by atoms with E-state index >= 15 is 0 Å². The Morgan fingerprint density at radius 1 is 1.17 bits per heavy atom. The van der Waals surface area contributed by atoms with E-state index in [1.807, 2.05) is 12.3 Å². The summed E-state index contributed by atoms with van der Waals surface area (Å²) in [5.41, 5.74) is 3.06. The smallest absolute Gasteiger partial charge is 0.264 e. The molecule has 23 heavy (non-hydrogen) atoms. The molecule has 0 aromatic heterocycles. The van der Waals surface area contributed by atoms with E-state index in [-0.39, 0.29) is 15.6 Å². The number of hydrogen-bond donors (Lipinski definition) is 2. The standard InChI is InChI=1S/C15H16ClN3O3S/c1-11-6-8-12(9-7-11)23(21,22)19(10-15(20)18-17)14-5-3-2-4-13(14)16/h2-9H,10,17H2,1H3,(H,18,20). The van der Waals surface area contributed by atoms with E-state index in [0.717, 1.165) is 9.87 Å². The van der Waals surface area contributed by atoms with E-state index in [1.54, 1.807) is 30.3 Å². The lowest BCUT2D eigenvalue weighted by Crippen LogP contribution is -2.43. The number of nitrogens with two attached hydrogens (primary N) is 1. The molecule has 3 N–H and O–H groups in total. The molecule has 2 rings (SSSR count). The van der Waals surface area contributed by atoms with Gasteiger partial charge in [0.25, 0.3) is 15.9 Å². The number of carbonyl (C=O) groups is 1. The van der Waals surface area contributed by atoms with Crippen molar-refractivity contribution in [1.82, 2.24) is 5.43 Å². The molecule has 0 aliphatic heterocycles. The van der Waals surface area contributed by atoms with Crippen molar-refractivity contribution in [2.75, 3.05) is 10.8 Å². The van der Waals surface area contributed by atoms with E-state index in [4.69, 9.17) is 17.4 Å². The molecule has 122 valence electrons. The van der Waals surface area contributed by atoms with Crippen LogP contribution >= 0.6 is 11.6 Å². The van der Waals surface area contributed by atoms with Crippen molar-refractivity contribution >= 4 is 33.2 Å². The summed E-state index contributed by atoms with van der Waals surface area (Å²) in [5, 5.41) is 0.216. The summed E-state index contributed by atoms with van der Waals surface area (Å²) in [5.74, 6) is 4.43. The number of anilines is 1. The summed E-state index contributed by atoms with van der Waals surface area (Å²) >= 11 is 6.10. The average Bonchev–Trinajstić information content (AvgIpc) is 2.53. The topological polar surface area (TPSA) is 92.5 Å². The average molecular weight is 354 g/mol. The largest absolute Gasteiger partial charge is 0.293 e. The monoisotopic (exact) mass is 353 g/mol. The van der Waals surface area contributed by atoms with Gasteiger partial charge in [0.05, 0.1) is 15.6 Å². The molecule has 0 heterocycles. The van der Waals surface area contributed by atoms with Crippen LogP contribution in [0.15, 0.2) is 53.4 Å². The molecule has 1 amide bonds. The van der Waals surface area contributed by atoms with Gasteiger partial charge in [-0.05, 0) is 31.2 Å². The number of hydrazine groups is 1. The number of hydrogen-bond acceptors (Lipinski definition) is 4. The van der Waals surface area contributed by atoms with Crippen LogP contribution in [0.5, 0.6) is 0 Å². The predicted molar refractivity (Wildman–Crippen MR) is 89.5 cm³/mol. The molecule has 2 aromatic carbocycles. The number of amides is 1. The summed E-state index contributed by atoms with van der Waals surface area (Å²) in [4.78, 5) is 11.7. The van der Waals surface area contributed by atoms with Crippen LogP contribution in [0.2, 0.25) is 5.02 Å². The lowest BCUT2D eigenvalue weighted by atomic mass is 10.2. The second-order valence-corrected chi connectivity index (χ2v) is 7.11.